The molecule has 1 aliphatic carbocycles. The summed E-state index contributed by atoms with van der Waals surface area (Å²) in [7, 11) is 0. The van der Waals surface area contributed by atoms with Gasteiger partial charge in [-0.1, -0.05) is 18.2 Å². The van der Waals surface area contributed by atoms with Crippen molar-refractivity contribution in [3.05, 3.63) is 29.8 Å². The molecule has 1 atom stereocenters. The number of nitrogens with one attached hydrogen (secondary N) is 1. The summed E-state index contributed by atoms with van der Waals surface area (Å²) in [5.41, 5.74) is 1.60. The van der Waals surface area contributed by atoms with Crippen LogP contribution >= 0.6 is 11.8 Å². The van der Waals surface area contributed by atoms with Crippen LogP contribution < -0.4 is 5.32 Å². The van der Waals surface area contributed by atoms with E-state index in [9.17, 15) is 0 Å². The summed E-state index contributed by atoms with van der Waals surface area (Å²) in [6, 6.07) is 9.78. The van der Waals surface area contributed by atoms with Crippen LogP contribution in [0.4, 0.5) is 0 Å². The molecule has 1 saturated carbocycles. The van der Waals surface area contributed by atoms with E-state index in [4.69, 9.17) is 0 Å². The molecular formula is C14H19NS. The molecule has 0 saturated heterocycles. The quantitative estimate of drug-likeness (QED) is 0.782. The first kappa shape index (κ1) is 10.7. The molecule has 0 aromatic heterocycles. The van der Waals surface area contributed by atoms with Gasteiger partial charge in [0, 0.05) is 16.7 Å². The van der Waals surface area contributed by atoms with Gasteiger partial charge < -0.3 is 5.32 Å². The van der Waals surface area contributed by atoms with Crippen molar-refractivity contribution < 1.29 is 0 Å². The number of hydrogen-bond donors (Lipinski definition) is 1. The molecule has 1 nitrogen and oxygen atoms in total. The summed E-state index contributed by atoms with van der Waals surface area (Å²) < 4.78 is 0. The van der Waals surface area contributed by atoms with Gasteiger partial charge in [-0.05, 0) is 49.8 Å². The summed E-state index contributed by atoms with van der Waals surface area (Å²) in [5, 5.41) is 3.60. The number of thioether (sulfide) groups is 1. The SMILES string of the molecule is c1ccc2c(c1)SCC2CCCNC1CC1. The maximum atomic E-state index is 3.60. The van der Waals surface area contributed by atoms with E-state index >= 15 is 0 Å². The molecule has 2 aliphatic rings. The third kappa shape index (κ3) is 2.44. The van der Waals surface area contributed by atoms with Crippen molar-refractivity contribution >= 4 is 11.8 Å². The van der Waals surface area contributed by atoms with Crippen molar-refractivity contribution in [1.82, 2.24) is 5.32 Å². The second-order valence-corrected chi connectivity index (χ2v) is 5.98. The largest absolute Gasteiger partial charge is 0.314 e. The topological polar surface area (TPSA) is 12.0 Å². The lowest BCUT2D eigenvalue weighted by Crippen LogP contribution is -2.18. The molecule has 1 aromatic carbocycles. The molecule has 86 valence electrons. The smallest absolute Gasteiger partial charge is 0.0107 e. The molecule has 0 spiro atoms. The van der Waals surface area contributed by atoms with E-state index < -0.39 is 0 Å². The minimum atomic E-state index is 0.808. The zero-order chi connectivity index (χ0) is 10.8. The number of fused-ring (bicyclic) bond motifs is 1. The Balaban J connectivity index is 1.48. The third-order valence-corrected chi connectivity index (χ3v) is 4.79. The van der Waals surface area contributed by atoms with Gasteiger partial charge in [0.1, 0.15) is 0 Å². The van der Waals surface area contributed by atoms with Gasteiger partial charge >= 0.3 is 0 Å². The fraction of sp³-hybridized carbons (Fsp3) is 0.571. The van der Waals surface area contributed by atoms with Gasteiger partial charge in [0.15, 0.2) is 0 Å². The Morgan fingerprint density at radius 3 is 3.00 bits per heavy atom. The Labute approximate surface area is 102 Å². The molecule has 1 aliphatic heterocycles. The lowest BCUT2D eigenvalue weighted by molar-refractivity contribution is 0.581. The zero-order valence-corrected chi connectivity index (χ0v) is 10.4. The van der Waals surface area contributed by atoms with Crippen molar-refractivity contribution in [2.75, 3.05) is 12.3 Å². The summed E-state index contributed by atoms with van der Waals surface area (Å²) in [6.45, 7) is 1.22. The summed E-state index contributed by atoms with van der Waals surface area (Å²) >= 11 is 2.03. The van der Waals surface area contributed by atoms with E-state index in [0.29, 0.717) is 0 Å². The fourth-order valence-corrected chi connectivity index (χ4v) is 3.71. The van der Waals surface area contributed by atoms with E-state index in [1.54, 1.807) is 5.56 Å². The molecule has 1 unspecified atom stereocenters. The van der Waals surface area contributed by atoms with Crippen LogP contribution in [0.1, 0.15) is 37.2 Å². The van der Waals surface area contributed by atoms with E-state index in [-0.39, 0.29) is 0 Å². The average Bonchev–Trinajstić information content (AvgIpc) is 3.05. The van der Waals surface area contributed by atoms with E-state index in [2.05, 4.69) is 29.6 Å². The van der Waals surface area contributed by atoms with Crippen LogP contribution in [0.2, 0.25) is 0 Å². The highest BCUT2D eigenvalue weighted by molar-refractivity contribution is 7.99. The van der Waals surface area contributed by atoms with Crippen LogP contribution in [-0.4, -0.2) is 18.3 Å². The van der Waals surface area contributed by atoms with Crippen molar-refractivity contribution in [2.24, 2.45) is 0 Å². The molecule has 2 heteroatoms. The first-order valence-electron chi connectivity index (χ1n) is 6.38. The van der Waals surface area contributed by atoms with Crippen LogP contribution in [0, 0.1) is 0 Å². The number of hydrogen-bond acceptors (Lipinski definition) is 2. The van der Waals surface area contributed by atoms with Gasteiger partial charge in [-0.2, -0.15) is 0 Å². The first-order valence-corrected chi connectivity index (χ1v) is 7.37. The standard InChI is InChI=1S/C14H19NS/c1-2-6-14-13(5-1)11(10-16-14)4-3-9-15-12-7-8-12/h1-2,5-6,11-12,15H,3-4,7-10H2. The number of rotatable bonds is 5. The lowest BCUT2D eigenvalue weighted by Gasteiger charge is -2.10. The van der Waals surface area contributed by atoms with Crippen molar-refractivity contribution in [3.8, 4) is 0 Å². The second kappa shape index (κ2) is 4.80. The van der Waals surface area contributed by atoms with Gasteiger partial charge in [-0.25, -0.2) is 0 Å². The van der Waals surface area contributed by atoms with Crippen molar-refractivity contribution in [1.29, 1.82) is 0 Å². The minimum Gasteiger partial charge on any atom is -0.314 e. The van der Waals surface area contributed by atoms with Crippen molar-refractivity contribution in [2.45, 2.75) is 42.5 Å². The Morgan fingerprint density at radius 2 is 2.12 bits per heavy atom. The number of benzene rings is 1. The molecule has 0 amide bonds. The van der Waals surface area contributed by atoms with E-state index in [1.807, 2.05) is 11.8 Å². The highest BCUT2D eigenvalue weighted by Crippen LogP contribution is 2.41. The molecule has 16 heavy (non-hydrogen) atoms. The van der Waals surface area contributed by atoms with Crippen LogP contribution in [0.15, 0.2) is 29.2 Å². The molecule has 3 rings (SSSR count). The molecule has 0 bridgehead atoms. The van der Waals surface area contributed by atoms with E-state index in [1.165, 1.54) is 42.9 Å². The average molecular weight is 233 g/mol. The Hall–Kier alpha value is -0.470. The van der Waals surface area contributed by atoms with Gasteiger partial charge in [0.05, 0.1) is 0 Å². The maximum absolute atomic E-state index is 3.60. The lowest BCUT2D eigenvalue weighted by atomic mass is 9.96. The van der Waals surface area contributed by atoms with Crippen molar-refractivity contribution in [3.63, 3.8) is 0 Å². The highest BCUT2D eigenvalue weighted by Gasteiger charge is 2.23. The Morgan fingerprint density at radius 1 is 1.25 bits per heavy atom. The molecule has 1 heterocycles. The van der Waals surface area contributed by atoms with Crippen LogP contribution in [0.3, 0.4) is 0 Å². The fourth-order valence-electron chi connectivity index (χ4n) is 2.41. The molecule has 1 aromatic rings. The third-order valence-electron chi connectivity index (χ3n) is 3.54. The normalized spacial score (nSPS) is 23.4. The molecule has 1 N–H and O–H groups in total. The maximum Gasteiger partial charge on any atom is 0.0107 e. The first-order chi connectivity index (χ1) is 7.93. The Kier molecular flexibility index (Phi) is 3.20. The molecular weight excluding hydrogens is 214 g/mol. The van der Waals surface area contributed by atoms with Crippen LogP contribution in [0.5, 0.6) is 0 Å². The van der Waals surface area contributed by atoms with Crippen LogP contribution in [0.25, 0.3) is 0 Å². The van der Waals surface area contributed by atoms with Gasteiger partial charge in [-0.15, -0.1) is 11.8 Å². The predicted octanol–water partition coefficient (Wildman–Crippen LogP) is 3.41. The predicted molar refractivity (Wildman–Crippen MR) is 70.2 cm³/mol. The summed E-state index contributed by atoms with van der Waals surface area (Å²) in [4.78, 5) is 1.52. The highest BCUT2D eigenvalue weighted by atomic mass is 32.2. The summed E-state index contributed by atoms with van der Waals surface area (Å²) in [6.07, 6.45) is 5.49. The summed E-state index contributed by atoms with van der Waals surface area (Å²) in [5.74, 6) is 2.10. The second-order valence-electron chi connectivity index (χ2n) is 4.92. The van der Waals surface area contributed by atoms with Gasteiger partial charge in [-0.3, -0.25) is 0 Å². The monoisotopic (exact) mass is 233 g/mol. The minimum absolute atomic E-state index is 0.808. The van der Waals surface area contributed by atoms with Gasteiger partial charge in [0.25, 0.3) is 0 Å². The van der Waals surface area contributed by atoms with E-state index in [0.717, 1.165) is 12.0 Å². The molecule has 1 fully saturated rings. The zero-order valence-electron chi connectivity index (χ0n) is 9.61. The van der Waals surface area contributed by atoms with Crippen LogP contribution in [-0.2, 0) is 0 Å². The Bertz CT molecular complexity index is 360. The molecule has 0 radical (unpaired) electrons. The van der Waals surface area contributed by atoms with Gasteiger partial charge in [0.2, 0.25) is 0 Å².